The second-order valence-corrected chi connectivity index (χ2v) is 6.02. The lowest BCUT2D eigenvalue weighted by atomic mass is 10.2. The second-order valence-electron chi connectivity index (χ2n) is 4.69. The van der Waals surface area contributed by atoms with Crippen molar-refractivity contribution < 1.29 is 4.74 Å². The van der Waals surface area contributed by atoms with Crippen LogP contribution in [0, 0.1) is 6.92 Å². The molecule has 0 heterocycles. The summed E-state index contributed by atoms with van der Waals surface area (Å²) in [5, 5.41) is 4.05. The third kappa shape index (κ3) is 6.64. The third-order valence-corrected chi connectivity index (χ3v) is 3.67. The van der Waals surface area contributed by atoms with Gasteiger partial charge in [-0.25, -0.2) is 0 Å². The summed E-state index contributed by atoms with van der Waals surface area (Å²) in [6.45, 7) is 6.81. The Morgan fingerprint density at radius 1 is 1.21 bits per heavy atom. The third-order valence-electron chi connectivity index (χ3n) is 2.93. The topological polar surface area (TPSA) is 21.3 Å². The summed E-state index contributed by atoms with van der Waals surface area (Å²) in [5.41, 5.74) is 1.06. The van der Waals surface area contributed by atoms with Gasteiger partial charge in [-0.15, -0.1) is 0 Å². The first-order chi connectivity index (χ1) is 9.15. The van der Waals surface area contributed by atoms with Gasteiger partial charge in [-0.2, -0.15) is 0 Å². The number of unbranched alkanes of at least 4 members (excludes halogenated alkanes) is 3. The van der Waals surface area contributed by atoms with Crippen LogP contribution < -0.4 is 10.1 Å². The van der Waals surface area contributed by atoms with E-state index in [2.05, 4.69) is 28.2 Å². The van der Waals surface area contributed by atoms with Gasteiger partial charge >= 0.3 is 0 Å². The summed E-state index contributed by atoms with van der Waals surface area (Å²) >= 11 is 9.57. The largest absolute Gasteiger partial charge is 0.490 e. The summed E-state index contributed by atoms with van der Waals surface area (Å²) in [6.07, 6.45) is 5.16. The van der Waals surface area contributed by atoms with Gasteiger partial charge in [0.2, 0.25) is 0 Å². The molecule has 0 aliphatic heterocycles. The zero-order chi connectivity index (χ0) is 14.1. The van der Waals surface area contributed by atoms with Crippen molar-refractivity contribution in [3.05, 3.63) is 27.2 Å². The molecule has 108 valence electrons. The molecule has 1 aromatic carbocycles. The number of hydrogen-bond donors (Lipinski definition) is 1. The van der Waals surface area contributed by atoms with E-state index in [4.69, 9.17) is 16.3 Å². The highest BCUT2D eigenvalue weighted by atomic mass is 79.9. The first-order valence-electron chi connectivity index (χ1n) is 6.94. The molecule has 0 atom stereocenters. The molecule has 0 amide bonds. The Balaban J connectivity index is 2.19. The van der Waals surface area contributed by atoms with Crippen LogP contribution in [-0.4, -0.2) is 19.7 Å². The molecule has 2 nitrogen and oxygen atoms in total. The van der Waals surface area contributed by atoms with Crippen molar-refractivity contribution in [2.45, 2.75) is 39.5 Å². The van der Waals surface area contributed by atoms with Crippen LogP contribution in [0.4, 0.5) is 0 Å². The number of hydrogen-bond acceptors (Lipinski definition) is 2. The van der Waals surface area contributed by atoms with Crippen molar-refractivity contribution >= 4 is 27.5 Å². The van der Waals surface area contributed by atoms with Crippen molar-refractivity contribution in [2.24, 2.45) is 0 Å². The molecule has 1 aromatic rings. The van der Waals surface area contributed by atoms with Gasteiger partial charge in [0.25, 0.3) is 0 Å². The number of nitrogens with one attached hydrogen (secondary N) is 1. The Morgan fingerprint density at radius 3 is 2.68 bits per heavy atom. The van der Waals surface area contributed by atoms with Crippen molar-refractivity contribution in [3.8, 4) is 5.75 Å². The van der Waals surface area contributed by atoms with Gasteiger partial charge in [-0.1, -0.05) is 53.7 Å². The molecular formula is C15H23BrClNO. The Labute approximate surface area is 130 Å². The molecule has 0 aliphatic rings. The maximum atomic E-state index is 6.16. The molecule has 0 unspecified atom stereocenters. The maximum absolute atomic E-state index is 6.16. The predicted molar refractivity (Wildman–Crippen MR) is 86.4 cm³/mol. The summed E-state index contributed by atoms with van der Waals surface area (Å²) < 4.78 is 6.72. The Hall–Kier alpha value is -0.250. The van der Waals surface area contributed by atoms with Crippen molar-refractivity contribution in [2.75, 3.05) is 19.7 Å². The van der Waals surface area contributed by atoms with Gasteiger partial charge in [-0.3, -0.25) is 0 Å². The smallest absolute Gasteiger partial charge is 0.140 e. The van der Waals surface area contributed by atoms with E-state index < -0.39 is 0 Å². The minimum atomic E-state index is 0.649. The lowest BCUT2D eigenvalue weighted by Crippen LogP contribution is -2.22. The van der Waals surface area contributed by atoms with Crippen LogP contribution in [0.1, 0.15) is 38.2 Å². The highest BCUT2D eigenvalue weighted by Gasteiger charge is 2.06. The molecule has 19 heavy (non-hydrogen) atoms. The van der Waals surface area contributed by atoms with Gasteiger partial charge in [0, 0.05) is 11.0 Å². The molecule has 4 heteroatoms. The molecule has 0 bridgehead atoms. The highest BCUT2D eigenvalue weighted by molar-refractivity contribution is 9.10. The standard InChI is InChI=1S/C15H23BrClNO/c1-3-4-5-6-7-18-8-9-19-15-12(2)10-13(16)11-14(15)17/h10-11,18H,3-9H2,1-2H3. The number of ether oxygens (including phenoxy) is 1. The zero-order valence-electron chi connectivity index (χ0n) is 11.8. The highest BCUT2D eigenvalue weighted by Crippen LogP contribution is 2.31. The molecule has 0 spiro atoms. The number of rotatable bonds is 9. The van der Waals surface area contributed by atoms with Crippen molar-refractivity contribution in [3.63, 3.8) is 0 Å². The Morgan fingerprint density at radius 2 is 2.00 bits per heavy atom. The summed E-state index contributed by atoms with van der Waals surface area (Å²) in [6, 6.07) is 3.88. The van der Waals surface area contributed by atoms with Gasteiger partial charge < -0.3 is 10.1 Å². The molecular weight excluding hydrogens is 326 g/mol. The molecule has 0 aliphatic carbocycles. The minimum absolute atomic E-state index is 0.649. The number of halogens is 2. The molecule has 0 saturated carbocycles. The van der Waals surface area contributed by atoms with Crippen LogP contribution in [0.3, 0.4) is 0 Å². The number of benzene rings is 1. The summed E-state index contributed by atoms with van der Waals surface area (Å²) in [5.74, 6) is 0.789. The van der Waals surface area contributed by atoms with Crippen molar-refractivity contribution in [1.29, 1.82) is 0 Å². The average Bonchev–Trinajstić information content (AvgIpc) is 2.35. The normalized spacial score (nSPS) is 10.7. The molecule has 0 fully saturated rings. The minimum Gasteiger partial charge on any atom is -0.490 e. The SMILES string of the molecule is CCCCCCNCCOc1c(C)cc(Br)cc1Cl. The van der Waals surface area contributed by atoms with Crippen LogP contribution >= 0.6 is 27.5 Å². The van der Waals surface area contributed by atoms with Crippen LogP contribution in [0.2, 0.25) is 5.02 Å². The van der Waals surface area contributed by atoms with E-state index in [1.165, 1.54) is 25.7 Å². The Kier molecular flexibility index (Phi) is 8.51. The second kappa shape index (κ2) is 9.62. The van der Waals surface area contributed by atoms with Gasteiger partial charge in [0.1, 0.15) is 12.4 Å². The fourth-order valence-corrected chi connectivity index (χ4v) is 2.92. The van der Waals surface area contributed by atoms with E-state index in [1.54, 1.807) is 0 Å². The van der Waals surface area contributed by atoms with Crippen LogP contribution in [0.5, 0.6) is 5.75 Å². The van der Waals surface area contributed by atoms with E-state index in [9.17, 15) is 0 Å². The van der Waals surface area contributed by atoms with E-state index >= 15 is 0 Å². The molecule has 0 aromatic heterocycles. The Bertz CT molecular complexity index is 361. The van der Waals surface area contributed by atoms with E-state index in [-0.39, 0.29) is 0 Å². The fourth-order valence-electron chi connectivity index (χ4n) is 1.90. The lowest BCUT2D eigenvalue weighted by molar-refractivity contribution is 0.311. The van der Waals surface area contributed by atoms with Crippen LogP contribution in [0.25, 0.3) is 0 Å². The summed E-state index contributed by atoms with van der Waals surface area (Å²) in [4.78, 5) is 0. The van der Waals surface area contributed by atoms with Crippen LogP contribution in [0.15, 0.2) is 16.6 Å². The average molecular weight is 349 g/mol. The quantitative estimate of drug-likeness (QED) is 0.637. The zero-order valence-corrected chi connectivity index (χ0v) is 14.1. The van der Waals surface area contributed by atoms with E-state index in [0.29, 0.717) is 11.6 Å². The van der Waals surface area contributed by atoms with Crippen molar-refractivity contribution in [1.82, 2.24) is 5.32 Å². The predicted octanol–water partition coefficient (Wildman–Crippen LogP) is 4.96. The van der Waals surface area contributed by atoms with Gasteiger partial charge in [-0.05, 0) is 37.6 Å². The summed E-state index contributed by atoms with van der Waals surface area (Å²) in [7, 11) is 0. The van der Waals surface area contributed by atoms with Gasteiger partial charge in [0.15, 0.2) is 0 Å². The molecule has 0 saturated heterocycles. The lowest BCUT2D eigenvalue weighted by Gasteiger charge is -2.12. The molecule has 0 radical (unpaired) electrons. The maximum Gasteiger partial charge on any atom is 0.140 e. The van der Waals surface area contributed by atoms with E-state index in [1.807, 2.05) is 19.1 Å². The first-order valence-corrected chi connectivity index (χ1v) is 8.11. The molecule has 1 rings (SSSR count). The fraction of sp³-hybridized carbons (Fsp3) is 0.600. The monoisotopic (exact) mass is 347 g/mol. The first kappa shape index (κ1) is 16.8. The van der Waals surface area contributed by atoms with E-state index in [0.717, 1.165) is 28.9 Å². The van der Waals surface area contributed by atoms with Crippen LogP contribution in [-0.2, 0) is 0 Å². The van der Waals surface area contributed by atoms with Gasteiger partial charge in [0.05, 0.1) is 5.02 Å². The number of aryl methyl sites for hydroxylation is 1. The molecule has 1 N–H and O–H groups in total.